The zero-order valence-corrected chi connectivity index (χ0v) is 7.86. The first-order valence-electron chi connectivity index (χ1n) is 4.03. The van der Waals surface area contributed by atoms with Crippen molar-refractivity contribution in [1.29, 1.82) is 0 Å². The number of isocyanates is 1. The first-order valence-corrected chi connectivity index (χ1v) is 4.03. The highest BCUT2D eigenvalue weighted by Gasteiger charge is 2.40. The molecule has 1 aromatic rings. The number of benzene rings is 1. The first kappa shape index (κ1) is 13.2. The van der Waals surface area contributed by atoms with Gasteiger partial charge in [0.1, 0.15) is 5.69 Å². The molecule has 0 aromatic heterocycles. The summed E-state index contributed by atoms with van der Waals surface area (Å²) in [5, 5.41) is 0. The molecular weight excluding hydrogens is 252 g/mol. The number of hydrogen-bond acceptors (Lipinski definition) is 2. The number of carbonyl (C=O) groups excluding carboxylic acids is 1. The fourth-order valence-electron chi connectivity index (χ4n) is 1.17. The highest BCUT2D eigenvalue weighted by Crippen LogP contribution is 2.43. The Balaban J connectivity index is 3.60. The number of para-hydroxylation sites is 1. The van der Waals surface area contributed by atoms with E-state index in [0.717, 1.165) is 0 Å². The SMILES string of the molecule is O=C=Nc1c(C(F)(F)F)cccc1C(F)(F)F. The van der Waals surface area contributed by atoms with Crippen molar-refractivity contribution in [2.75, 3.05) is 0 Å². The molecule has 0 fully saturated rings. The Morgan fingerprint density at radius 3 is 1.65 bits per heavy atom. The molecule has 0 saturated carbocycles. The molecule has 0 amide bonds. The van der Waals surface area contributed by atoms with Crippen molar-refractivity contribution in [3.05, 3.63) is 29.3 Å². The van der Waals surface area contributed by atoms with Crippen LogP contribution < -0.4 is 0 Å². The smallest absolute Gasteiger partial charge is 0.211 e. The van der Waals surface area contributed by atoms with Crippen molar-refractivity contribution >= 4 is 11.8 Å². The lowest BCUT2D eigenvalue weighted by Gasteiger charge is -2.14. The summed E-state index contributed by atoms with van der Waals surface area (Å²) >= 11 is 0. The monoisotopic (exact) mass is 255 g/mol. The second-order valence-corrected chi connectivity index (χ2v) is 2.90. The van der Waals surface area contributed by atoms with E-state index in [4.69, 9.17) is 0 Å². The summed E-state index contributed by atoms with van der Waals surface area (Å²) in [6.45, 7) is 0. The Kier molecular flexibility index (Phi) is 3.28. The van der Waals surface area contributed by atoms with Gasteiger partial charge >= 0.3 is 12.4 Å². The van der Waals surface area contributed by atoms with Crippen molar-refractivity contribution in [3.63, 3.8) is 0 Å². The maximum atomic E-state index is 12.4. The van der Waals surface area contributed by atoms with Crippen LogP contribution in [-0.4, -0.2) is 6.08 Å². The molecule has 0 spiro atoms. The van der Waals surface area contributed by atoms with E-state index < -0.39 is 29.2 Å². The van der Waals surface area contributed by atoms with Crippen LogP contribution in [0.3, 0.4) is 0 Å². The predicted octanol–water partition coefficient (Wildman–Crippen LogP) is 3.69. The summed E-state index contributed by atoms with van der Waals surface area (Å²) in [7, 11) is 0. The van der Waals surface area contributed by atoms with E-state index in [1.807, 2.05) is 0 Å². The zero-order chi connectivity index (χ0) is 13.3. The minimum Gasteiger partial charge on any atom is -0.211 e. The van der Waals surface area contributed by atoms with E-state index in [9.17, 15) is 31.1 Å². The van der Waals surface area contributed by atoms with Crippen LogP contribution in [0.1, 0.15) is 11.1 Å². The van der Waals surface area contributed by atoms with Gasteiger partial charge in [0.2, 0.25) is 6.08 Å². The predicted molar refractivity (Wildman–Crippen MR) is 44.2 cm³/mol. The second-order valence-electron chi connectivity index (χ2n) is 2.90. The van der Waals surface area contributed by atoms with Crippen molar-refractivity contribution in [2.45, 2.75) is 12.4 Å². The molecule has 0 radical (unpaired) electrons. The maximum absolute atomic E-state index is 12.4. The average Bonchev–Trinajstić information content (AvgIpc) is 2.15. The third kappa shape index (κ3) is 2.85. The minimum atomic E-state index is -5.03. The van der Waals surface area contributed by atoms with Crippen molar-refractivity contribution < 1.29 is 31.1 Å². The summed E-state index contributed by atoms with van der Waals surface area (Å²) in [5.41, 5.74) is -4.73. The molecule has 0 atom stereocenters. The summed E-state index contributed by atoms with van der Waals surface area (Å²) in [6.07, 6.45) is -9.38. The highest BCUT2D eigenvalue weighted by molar-refractivity contribution is 5.60. The maximum Gasteiger partial charge on any atom is 0.418 e. The van der Waals surface area contributed by atoms with Crippen LogP contribution in [0.5, 0.6) is 0 Å². The summed E-state index contributed by atoms with van der Waals surface area (Å²) in [5.74, 6) is 0. The second kappa shape index (κ2) is 4.21. The Morgan fingerprint density at radius 2 is 1.35 bits per heavy atom. The van der Waals surface area contributed by atoms with E-state index in [0.29, 0.717) is 24.3 Å². The van der Waals surface area contributed by atoms with Crippen LogP contribution in [0.25, 0.3) is 0 Å². The van der Waals surface area contributed by atoms with Crippen LogP contribution in [-0.2, 0) is 17.1 Å². The minimum absolute atomic E-state index is 0.408. The van der Waals surface area contributed by atoms with Crippen LogP contribution in [0, 0.1) is 0 Å². The molecule has 0 unspecified atom stereocenters. The largest absolute Gasteiger partial charge is 0.418 e. The lowest BCUT2D eigenvalue weighted by Crippen LogP contribution is -2.11. The summed E-state index contributed by atoms with van der Waals surface area (Å²) in [4.78, 5) is 12.4. The topological polar surface area (TPSA) is 29.4 Å². The summed E-state index contributed by atoms with van der Waals surface area (Å²) in [6, 6.07) is 1.41. The van der Waals surface area contributed by atoms with Gasteiger partial charge in [0.15, 0.2) is 0 Å². The van der Waals surface area contributed by atoms with Gasteiger partial charge in [-0.1, -0.05) is 6.07 Å². The number of hydrogen-bond donors (Lipinski definition) is 0. The third-order valence-corrected chi connectivity index (χ3v) is 1.80. The molecule has 0 aliphatic carbocycles. The lowest BCUT2D eigenvalue weighted by molar-refractivity contribution is -0.141. The summed E-state index contributed by atoms with van der Waals surface area (Å²) < 4.78 is 74.3. The van der Waals surface area contributed by atoms with Gasteiger partial charge in [-0.2, -0.15) is 31.3 Å². The number of nitrogens with zero attached hydrogens (tertiary/aromatic N) is 1. The van der Waals surface area contributed by atoms with Crippen molar-refractivity contribution in [2.24, 2.45) is 4.99 Å². The molecule has 92 valence electrons. The van der Waals surface area contributed by atoms with Crippen LogP contribution in [0.4, 0.5) is 32.0 Å². The van der Waals surface area contributed by atoms with Gasteiger partial charge in [-0.3, -0.25) is 0 Å². The van der Waals surface area contributed by atoms with Crippen LogP contribution >= 0.6 is 0 Å². The van der Waals surface area contributed by atoms with Gasteiger partial charge in [0.05, 0.1) is 11.1 Å². The molecule has 0 bridgehead atoms. The van der Waals surface area contributed by atoms with Crippen molar-refractivity contribution in [1.82, 2.24) is 0 Å². The lowest BCUT2D eigenvalue weighted by atomic mass is 10.1. The van der Waals surface area contributed by atoms with Gasteiger partial charge < -0.3 is 0 Å². The van der Waals surface area contributed by atoms with Gasteiger partial charge in [-0.25, -0.2) is 4.79 Å². The number of alkyl halides is 6. The Labute approximate surface area is 90.6 Å². The molecule has 1 rings (SSSR count). The first-order chi connectivity index (χ1) is 7.68. The molecule has 8 heteroatoms. The highest BCUT2D eigenvalue weighted by atomic mass is 19.4. The van der Waals surface area contributed by atoms with Gasteiger partial charge in [0.25, 0.3) is 0 Å². The molecule has 2 nitrogen and oxygen atoms in total. The number of halogens is 6. The normalized spacial score (nSPS) is 12.1. The third-order valence-electron chi connectivity index (χ3n) is 1.80. The molecule has 0 saturated heterocycles. The molecule has 0 N–H and O–H groups in total. The zero-order valence-electron chi connectivity index (χ0n) is 7.86. The van der Waals surface area contributed by atoms with E-state index in [2.05, 4.69) is 4.99 Å². The Bertz CT molecular complexity index is 437. The van der Waals surface area contributed by atoms with Gasteiger partial charge in [-0.15, -0.1) is 0 Å². The van der Waals surface area contributed by atoms with Crippen molar-refractivity contribution in [3.8, 4) is 0 Å². The van der Waals surface area contributed by atoms with E-state index >= 15 is 0 Å². The molecule has 17 heavy (non-hydrogen) atoms. The number of rotatable bonds is 1. The molecule has 0 heterocycles. The fraction of sp³-hybridized carbons (Fsp3) is 0.222. The molecular formula is C9H3F6NO. The van der Waals surface area contributed by atoms with Crippen LogP contribution in [0.15, 0.2) is 23.2 Å². The van der Waals surface area contributed by atoms with E-state index in [1.54, 1.807) is 0 Å². The average molecular weight is 255 g/mol. The Hall–Kier alpha value is -1.82. The standard InChI is InChI=1S/C9H3F6NO/c10-8(11,12)5-2-1-3-6(9(13,14)15)7(5)16-4-17/h1-3H. The van der Waals surface area contributed by atoms with Gasteiger partial charge in [-0.05, 0) is 12.1 Å². The van der Waals surface area contributed by atoms with Crippen LogP contribution in [0.2, 0.25) is 0 Å². The number of aliphatic imine (C=N–C) groups is 1. The van der Waals surface area contributed by atoms with E-state index in [-0.39, 0.29) is 0 Å². The fourth-order valence-corrected chi connectivity index (χ4v) is 1.17. The Morgan fingerprint density at radius 1 is 0.941 bits per heavy atom. The van der Waals surface area contributed by atoms with E-state index in [1.165, 1.54) is 0 Å². The molecule has 1 aromatic carbocycles. The quantitative estimate of drug-likeness (QED) is 0.427. The molecule has 0 aliphatic rings. The molecule has 0 aliphatic heterocycles. The van der Waals surface area contributed by atoms with Gasteiger partial charge in [0, 0.05) is 0 Å².